The van der Waals surface area contributed by atoms with Gasteiger partial charge in [-0.25, -0.2) is 14.6 Å². The largest absolute Gasteiger partial charge is 0.335 e. The summed E-state index contributed by atoms with van der Waals surface area (Å²) < 4.78 is 0. The highest BCUT2D eigenvalue weighted by molar-refractivity contribution is 7.12. The first-order chi connectivity index (χ1) is 13.3. The number of thiophene rings is 1. The molecule has 4 aliphatic carbocycles. The second-order valence-electron chi connectivity index (χ2n) is 9.21. The maximum absolute atomic E-state index is 13.2. The lowest BCUT2D eigenvalue weighted by Crippen LogP contribution is -2.62. The number of rotatable bonds is 4. The lowest BCUT2D eigenvalue weighted by molar-refractivity contribution is -0.149. The lowest BCUT2D eigenvalue weighted by atomic mass is 9.52. The van der Waals surface area contributed by atoms with Crippen LogP contribution in [0.15, 0.2) is 6.07 Å². The van der Waals surface area contributed by atoms with Crippen LogP contribution in [0.2, 0.25) is 0 Å². The van der Waals surface area contributed by atoms with Gasteiger partial charge in [-0.1, -0.05) is 0 Å². The maximum Gasteiger partial charge on any atom is 0.335 e. The summed E-state index contributed by atoms with van der Waals surface area (Å²) in [7, 11) is 0. The molecule has 148 valence electrons. The number of aryl methyl sites for hydroxylation is 2. The Bertz CT molecular complexity index is 882. The van der Waals surface area contributed by atoms with E-state index in [2.05, 4.69) is 0 Å². The van der Waals surface area contributed by atoms with E-state index in [0.717, 1.165) is 33.9 Å². The third-order valence-corrected chi connectivity index (χ3v) is 8.14. The summed E-state index contributed by atoms with van der Waals surface area (Å²) >= 11 is 1.51. The molecule has 0 radical (unpaired) electrons. The summed E-state index contributed by atoms with van der Waals surface area (Å²) in [5, 5.41) is 0. The van der Waals surface area contributed by atoms with Crippen LogP contribution < -0.4 is 0 Å². The van der Waals surface area contributed by atoms with Crippen LogP contribution in [-0.2, 0) is 9.59 Å². The van der Waals surface area contributed by atoms with Gasteiger partial charge in [0.2, 0.25) is 0 Å². The van der Waals surface area contributed by atoms with Crippen molar-refractivity contribution < 1.29 is 19.2 Å². The molecular weight excluding hydrogens is 376 g/mol. The summed E-state index contributed by atoms with van der Waals surface area (Å²) in [5.74, 6) is -0.224. The fraction of sp³-hybridized carbons (Fsp3) is 0.619. The smallest absolute Gasteiger partial charge is 0.292 e. The summed E-state index contributed by atoms with van der Waals surface area (Å²) in [6.07, 6.45) is 5.99. The second-order valence-corrected chi connectivity index (χ2v) is 10.7. The minimum absolute atomic E-state index is 0.288. The predicted molar refractivity (Wildman–Crippen MR) is 103 cm³/mol. The number of urea groups is 1. The number of hydrogen-bond donors (Lipinski definition) is 0. The molecule has 0 unspecified atom stereocenters. The monoisotopic (exact) mass is 400 g/mol. The molecule has 0 spiro atoms. The van der Waals surface area contributed by atoms with E-state index < -0.39 is 23.4 Å². The average Bonchev–Trinajstić information content (AvgIpc) is 3.05. The van der Waals surface area contributed by atoms with Crippen molar-refractivity contribution in [2.45, 2.75) is 57.9 Å². The van der Waals surface area contributed by atoms with Gasteiger partial charge in [0.15, 0.2) is 5.78 Å². The summed E-state index contributed by atoms with van der Waals surface area (Å²) in [6.45, 7) is 3.41. The molecule has 6 nitrogen and oxygen atoms in total. The van der Waals surface area contributed by atoms with E-state index >= 15 is 0 Å². The molecule has 1 aromatic heterocycles. The second kappa shape index (κ2) is 5.99. The van der Waals surface area contributed by atoms with E-state index in [1.165, 1.54) is 35.5 Å². The molecule has 7 heteroatoms. The first-order valence-electron chi connectivity index (χ1n) is 10.1. The normalized spacial score (nSPS) is 34.1. The molecule has 0 N–H and O–H groups in total. The van der Waals surface area contributed by atoms with Crippen molar-refractivity contribution in [1.29, 1.82) is 0 Å². The summed E-state index contributed by atoms with van der Waals surface area (Å²) in [5.41, 5.74) is 0.0226. The number of nitrogens with zero attached hydrogens (tertiary/aromatic N) is 2. The van der Waals surface area contributed by atoms with Crippen molar-refractivity contribution in [1.82, 2.24) is 9.80 Å². The minimum Gasteiger partial charge on any atom is -0.292 e. The molecule has 4 amide bonds. The Hall–Kier alpha value is -2.02. The molecule has 2 heterocycles. The van der Waals surface area contributed by atoms with Crippen LogP contribution in [0.1, 0.15) is 58.6 Å². The number of hydrogen-bond acceptors (Lipinski definition) is 5. The van der Waals surface area contributed by atoms with Gasteiger partial charge in [-0.2, -0.15) is 0 Å². The van der Waals surface area contributed by atoms with Gasteiger partial charge >= 0.3 is 17.8 Å². The Morgan fingerprint density at radius 1 is 1.04 bits per heavy atom. The van der Waals surface area contributed by atoms with Gasteiger partial charge < -0.3 is 0 Å². The maximum atomic E-state index is 13.2. The van der Waals surface area contributed by atoms with E-state index in [9.17, 15) is 19.2 Å². The number of imide groups is 2. The number of amides is 4. The van der Waals surface area contributed by atoms with E-state index in [-0.39, 0.29) is 12.3 Å². The van der Waals surface area contributed by atoms with Crippen LogP contribution in [-0.4, -0.2) is 45.5 Å². The van der Waals surface area contributed by atoms with Crippen LogP contribution in [0, 0.1) is 31.6 Å². The summed E-state index contributed by atoms with van der Waals surface area (Å²) in [4.78, 5) is 55.3. The van der Waals surface area contributed by atoms with Crippen molar-refractivity contribution in [2.24, 2.45) is 17.8 Å². The number of Topliss-reactive ketones (excluding diaryl/α,β-unsaturated/α-hetero) is 1. The minimum atomic E-state index is -0.848. The molecule has 5 fully saturated rings. The van der Waals surface area contributed by atoms with Crippen molar-refractivity contribution in [3.8, 4) is 0 Å². The fourth-order valence-electron chi connectivity index (χ4n) is 6.54. The van der Waals surface area contributed by atoms with Gasteiger partial charge in [-0.3, -0.25) is 14.4 Å². The SMILES string of the molecule is Cc1cc(C(=O)CN2C(=O)C(=O)N(C34CC5CC(CC(C5)C3)C4)C2=O)c(C)s1. The zero-order chi connectivity index (χ0) is 19.8. The standard InChI is InChI=1S/C21H24N2O4S/c1-11-3-16(12(2)28-11)17(24)10-22-18(25)19(26)23(20(22)27)21-7-13-4-14(8-21)6-15(5-13)9-21/h3,13-15H,4-10H2,1-2H3. The van der Waals surface area contributed by atoms with Crippen molar-refractivity contribution in [3.63, 3.8) is 0 Å². The Labute approximate surface area is 167 Å². The van der Waals surface area contributed by atoms with E-state index in [0.29, 0.717) is 23.3 Å². The van der Waals surface area contributed by atoms with Crippen molar-refractivity contribution in [2.75, 3.05) is 6.54 Å². The molecule has 4 bridgehead atoms. The van der Waals surface area contributed by atoms with E-state index in [4.69, 9.17) is 0 Å². The van der Waals surface area contributed by atoms with Crippen molar-refractivity contribution >= 4 is 35.0 Å². The first-order valence-corrected chi connectivity index (χ1v) is 10.9. The Kier molecular flexibility index (Phi) is 3.86. The van der Waals surface area contributed by atoms with Gasteiger partial charge in [0.1, 0.15) is 0 Å². The van der Waals surface area contributed by atoms with E-state index in [1.54, 1.807) is 6.07 Å². The zero-order valence-electron chi connectivity index (χ0n) is 16.2. The van der Waals surface area contributed by atoms with Crippen LogP contribution in [0.3, 0.4) is 0 Å². The number of carbonyl (C=O) groups is 4. The van der Waals surface area contributed by atoms with Crippen molar-refractivity contribution in [3.05, 3.63) is 21.4 Å². The van der Waals surface area contributed by atoms with Crippen LogP contribution >= 0.6 is 11.3 Å². The Morgan fingerprint density at radius 2 is 1.61 bits per heavy atom. The molecule has 1 saturated heterocycles. The summed E-state index contributed by atoms with van der Waals surface area (Å²) in [6, 6.07) is 1.20. The van der Waals surface area contributed by atoms with Gasteiger partial charge in [0, 0.05) is 15.3 Å². The quantitative estimate of drug-likeness (QED) is 0.441. The molecule has 6 rings (SSSR count). The first kappa shape index (κ1) is 18.0. The Morgan fingerprint density at radius 3 is 2.11 bits per heavy atom. The third-order valence-electron chi connectivity index (χ3n) is 7.18. The highest BCUT2D eigenvalue weighted by atomic mass is 32.1. The molecule has 1 aliphatic heterocycles. The van der Waals surface area contributed by atoms with E-state index in [1.807, 2.05) is 13.8 Å². The average molecular weight is 401 g/mol. The predicted octanol–water partition coefficient (Wildman–Crippen LogP) is 3.31. The van der Waals surface area contributed by atoms with Gasteiger partial charge in [-0.15, -0.1) is 11.3 Å². The highest BCUT2D eigenvalue weighted by Crippen LogP contribution is 2.58. The number of ketones is 1. The fourth-order valence-corrected chi connectivity index (χ4v) is 7.48. The van der Waals surface area contributed by atoms with Crippen LogP contribution in [0.4, 0.5) is 4.79 Å². The lowest BCUT2D eigenvalue weighted by Gasteiger charge is -2.58. The molecule has 0 aromatic carbocycles. The third kappa shape index (κ3) is 2.51. The Balaban J connectivity index is 1.41. The van der Waals surface area contributed by atoms with Gasteiger partial charge in [-0.05, 0) is 76.2 Å². The van der Waals surface area contributed by atoms with Crippen LogP contribution in [0.5, 0.6) is 0 Å². The molecule has 0 atom stereocenters. The zero-order valence-corrected chi connectivity index (χ0v) is 17.0. The molecule has 28 heavy (non-hydrogen) atoms. The number of carbonyl (C=O) groups excluding carboxylic acids is 4. The molecule has 4 saturated carbocycles. The highest BCUT2D eigenvalue weighted by Gasteiger charge is 2.61. The molecule has 5 aliphatic rings. The van der Waals surface area contributed by atoms with Crippen LogP contribution in [0.25, 0.3) is 0 Å². The van der Waals surface area contributed by atoms with Gasteiger partial charge in [0.05, 0.1) is 12.1 Å². The molecular formula is C21H24N2O4S. The molecule has 1 aromatic rings. The topological polar surface area (TPSA) is 74.8 Å². The van der Waals surface area contributed by atoms with Gasteiger partial charge in [0.25, 0.3) is 0 Å².